The highest BCUT2D eigenvalue weighted by atomic mass is 19.3. The molecular weight excluding hydrogens is 178 g/mol. The van der Waals surface area contributed by atoms with E-state index in [1.807, 2.05) is 13.8 Å². The van der Waals surface area contributed by atoms with E-state index in [1.54, 1.807) is 0 Å². The van der Waals surface area contributed by atoms with Gasteiger partial charge in [0, 0.05) is 12.8 Å². The third kappa shape index (κ3) is 4.20. The molecule has 13 heavy (non-hydrogen) atoms. The molecule has 0 spiro atoms. The van der Waals surface area contributed by atoms with Crippen LogP contribution in [0.5, 0.6) is 0 Å². The Kier molecular flexibility index (Phi) is 4.88. The van der Waals surface area contributed by atoms with E-state index in [2.05, 4.69) is 0 Å². The minimum absolute atomic E-state index is 0.113. The minimum atomic E-state index is -2.62. The number of carboxylic acid groups (broad SMARTS) is 1. The molecule has 0 atom stereocenters. The molecule has 0 aliphatic heterocycles. The number of carbonyl (C=O) groups is 1. The van der Waals surface area contributed by atoms with Crippen molar-refractivity contribution in [3.63, 3.8) is 0 Å². The van der Waals surface area contributed by atoms with Gasteiger partial charge in [-0.15, -0.1) is 0 Å². The minimum Gasteiger partial charge on any atom is -0.481 e. The Morgan fingerprint density at radius 2 is 1.69 bits per heavy atom. The largest absolute Gasteiger partial charge is 0.481 e. The molecule has 1 fully saturated rings. The van der Waals surface area contributed by atoms with Gasteiger partial charge in [0.25, 0.3) is 0 Å². The number of rotatable bonds is 1. The average molecular weight is 194 g/mol. The topological polar surface area (TPSA) is 37.3 Å². The lowest BCUT2D eigenvalue weighted by molar-refractivity contribution is -0.145. The molecule has 0 saturated heterocycles. The van der Waals surface area contributed by atoms with E-state index in [4.69, 9.17) is 5.11 Å². The van der Waals surface area contributed by atoms with Crippen LogP contribution in [0, 0.1) is 5.92 Å². The first-order valence-corrected chi connectivity index (χ1v) is 4.62. The molecule has 0 aromatic rings. The fraction of sp³-hybridized carbons (Fsp3) is 0.889. The van der Waals surface area contributed by atoms with Crippen LogP contribution in [0.2, 0.25) is 0 Å². The first kappa shape index (κ1) is 12.3. The van der Waals surface area contributed by atoms with Crippen molar-refractivity contribution in [3.05, 3.63) is 0 Å². The molecule has 0 aromatic heterocycles. The van der Waals surface area contributed by atoms with Crippen molar-refractivity contribution in [3.8, 4) is 0 Å². The molecule has 0 radical (unpaired) electrons. The highest BCUT2D eigenvalue weighted by Gasteiger charge is 2.37. The molecule has 0 heterocycles. The molecule has 0 aromatic carbocycles. The van der Waals surface area contributed by atoms with Crippen LogP contribution in [-0.4, -0.2) is 17.0 Å². The van der Waals surface area contributed by atoms with Gasteiger partial charge < -0.3 is 5.11 Å². The van der Waals surface area contributed by atoms with Crippen LogP contribution in [-0.2, 0) is 4.79 Å². The highest BCUT2D eigenvalue weighted by molar-refractivity contribution is 5.70. The summed E-state index contributed by atoms with van der Waals surface area (Å²) in [6.07, 6.45) is -0.321. The first-order chi connectivity index (χ1) is 6.01. The van der Waals surface area contributed by atoms with E-state index in [9.17, 15) is 13.6 Å². The summed E-state index contributed by atoms with van der Waals surface area (Å²) in [6.45, 7) is 4.00. The zero-order valence-corrected chi connectivity index (χ0v) is 8.02. The number of hydrogen-bond acceptors (Lipinski definition) is 1. The van der Waals surface area contributed by atoms with Crippen LogP contribution >= 0.6 is 0 Å². The molecule has 1 saturated carbocycles. The number of hydrogen-bond donors (Lipinski definition) is 1. The lowest BCUT2D eigenvalue weighted by atomic mass is 9.87. The van der Waals surface area contributed by atoms with Crippen molar-refractivity contribution in [2.75, 3.05) is 0 Å². The maximum atomic E-state index is 12.4. The summed E-state index contributed by atoms with van der Waals surface area (Å²) in [4.78, 5) is 10.3. The Morgan fingerprint density at radius 3 is 2.00 bits per heavy atom. The Bertz CT molecular complexity index is 159. The van der Waals surface area contributed by atoms with Gasteiger partial charge in [-0.05, 0) is 12.8 Å². The van der Waals surface area contributed by atoms with Gasteiger partial charge in [0.15, 0.2) is 0 Å². The third-order valence-corrected chi connectivity index (χ3v) is 2.07. The molecule has 1 rings (SSSR count). The van der Waals surface area contributed by atoms with Crippen LogP contribution in [0.15, 0.2) is 0 Å². The summed E-state index contributed by atoms with van der Waals surface area (Å²) in [5.74, 6) is -4.11. The van der Waals surface area contributed by atoms with E-state index in [0.717, 1.165) is 0 Å². The second kappa shape index (κ2) is 5.14. The molecule has 1 N–H and O–H groups in total. The van der Waals surface area contributed by atoms with Crippen molar-refractivity contribution in [2.24, 2.45) is 5.92 Å². The number of carboxylic acids is 1. The second-order valence-electron chi connectivity index (χ2n) is 2.97. The monoisotopic (exact) mass is 194 g/mol. The molecule has 0 bridgehead atoms. The summed E-state index contributed by atoms with van der Waals surface area (Å²) in [6, 6.07) is 0. The first-order valence-electron chi connectivity index (χ1n) is 4.62. The smallest absolute Gasteiger partial charge is 0.306 e. The highest BCUT2D eigenvalue weighted by Crippen LogP contribution is 2.35. The molecular formula is C9H16F2O2. The summed E-state index contributed by atoms with van der Waals surface area (Å²) in [5, 5.41) is 8.46. The Hall–Kier alpha value is -0.670. The zero-order valence-electron chi connectivity index (χ0n) is 8.02. The molecule has 1 aliphatic carbocycles. The van der Waals surface area contributed by atoms with Crippen LogP contribution in [0.1, 0.15) is 39.5 Å². The second-order valence-corrected chi connectivity index (χ2v) is 2.97. The van der Waals surface area contributed by atoms with Crippen LogP contribution in [0.4, 0.5) is 8.78 Å². The van der Waals surface area contributed by atoms with Gasteiger partial charge in [-0.1, -0.05) is 13.8 Å². The fourth-order valence-electron chi connectivity index (χ4n) is 1.29. The van der Waals surface area contributed by atoms with Gasteiger partial charge in [0.05, 0.1) is 5.92 Å². The Balaban J connectivity index is 0.000000671. The molecule has 78 valence electrons. The molecule has 0 amide bonds. The molecule has 2 nitrogen and oxygen atoms in total. The SMILES string of the molecule is CC.O=C(O)C1CCC(F)(F)CC1. The fourth-order valence-corrected chi connectivity index (χ4v) is 1.29. The van der Waals surface area contributed by atoms with E-state index in [1.165, 1.54) is 0 Å². The van der Waals surface area contributed by atoms with E-state index >= 15 is 0 Å². The summed E-state index contributed by atoms with van der Waals surface area (Å²) >= 11 is 0. The van der Waals surface area contributed by atoms with Crippen LogP contribution < -0.4 is 0 Å². The number of aliphatic carboxylic acids is 1. The number of alkyl halides is 2. The number of halogens is 2. The maximum absolute atomic E-state index is 12.4. The average Bonchev–Trinajstić information content (AvgIpc) is 2.07. The Morgan fingerprint density at radius 1 is 1.31 bits per heavy atom. The van der Waals surface area contributed by atoms with Crippen LogP contribution in [0.25, 0.3) is 0 Å². The van der Waals surface area contributed by atoms with Crippen molar-refractivity contribution in [1.29, 1.82) is 0 Å². The van der Waals surface area contributed by atoms with E-state index < -0.39 is 17.8 Å². The van der Waals surface area contributed by atoms with E-state index in [-0.39, 0.29) is 25.7 Å². The molecule has 4 heteroatoms. The van der Waals surface area contributed by atoms with Crippen molar-refractivity contribution >= 4 is 5.97 Å². The molecule has 1 aliphatic rings. The summed E-state index contributed by atoms with van der Waals surface area (Å²) in [5.41, 5.74) is 0. The summed E-state index contributed by atoms with van der Waals surface area (Å²) < 4.78 is 24.9. The standard InChI is InChI=1S/C7H10F2O2.C2H6/c8-7(9)3-1-5(2-4-7)6(10)11;1-2/h5H,1-4H2,(H,10,11);1-2H3. The lowest BCUT2D eigenvalue weighted by Crippen LogP contribution is -2.28. The summed E-state index contributed by atoms with van der Waals surface area (Å²) in [7, 11) is 0. The van der Waals surface area contributed by atoms with Crippen LogP contribution in [0.3, 0.4) is 0 Å². The predicted octanol–water partition coefficient (Wildman–Crippen LogP) is 2.92. The lowest BCUT2D eigenvalue weighted by Gasteiger charge is -2.25. The normalized spacial score (nSPS) is 21.5. The van der Waals surface area contributed by atoms with Gasteiger partial charge in [-0.2, -0.15) is 0 Å². The quantitative estimate of drug-likeness (QED) is 0.696. The van der Waals surface area contributed by atoms with Gasteiger partial charge in [0.2, 0.25) is 5.92 Å². The molecule has 0 unspecified atom stereocenters. The van der Waals surface area contributed by atoms with Gasteiger partial charge in [-0.3, -0.25) is 4.79 Å². The predicted molar refractivity (Wildman–Crippen MR) is 45.9 cm³/mol. The van der Waals surface area contributed by atoms with Gasteiger partial charge in [0.1, 0.15) is 0 Å². The van der Waals surface area contributed by atoms with Crippen molar-refractivity contribution in [1.82, 2.24) is 0 Å². The Labute approximate surface area is 76.9 Å². The van der Waals surface area contributed by atoms with Gasteiger partial charge in [-0.25, -0.2) is 8.78 Å². The van der Waals surface area contributed by atoms with Gasteiger partial charge >= 0.3 is 5.97 Å². The maximum Gasteiger partial charge on any atom is 0.306 e. The van der Waals surface area contributed by atoms with Crippen molar-refractivity contribution in [2.45, 2.75) is 45.5 Å². The van der Waals surface area contributed by atoms with E-state index in [0.29, 0.717) is 0 Å². The van der Waals surface area contributed by atoms with Crippen molar-refractivity contribution < 1.29 is 18.7 Å². The third-order valence-electron chi connectivity index (χ3n) is 2.07. The zero-order chi connectivity index (χ0) is 10.5.